The molecular formula is C23H29N7O. The Labute approximate surface area is 182 Å². The quantitative estimate of drug-likeness (QED) is 0.655. The summed E-state index contributed by atoms with van der Waals surface area (Å²) in [6, 6.07) is 12.6. The van der Waals surface area contributed by atoms with E-state index in [1.54, 1.807) is 10.8 Å². The number of rotatable bonds is 5. The van der Waals surface area contributed by atoms with E-state index in [1.807, 2.05) is 24.3 Å². The lowest BCUT2D eigenvalue weighted by Gasteiger charge is -2.32. The lowest BCUT2D eigenvalue weighted by atomic mass is 9.95. The van der Waals surface area contributed by atoms with Crippen LogP contribution in [-0.2, 0) is 4.79 Å². The van der Waals surface area contributed by atoms with E-state index in [1.165, 1.54) is 32.1 Å². The molecule has 5 rings (SSSR count). The predicted molar refractivity (Wildman–Crippen MR) is 121 cm³/mol. The largest absolute Gasteiger partial charge is 0.382 e. The fourth-order valence-corrected chi connectivity index (χ4v) is 4.63. The van der Waals surface area contributed by atoms with Crippen LogP contribution < -0.4 is 15.5 Å². The van der Waals surface area contributed by atoms with Gasteiger partial charge in [-0.2, -0.15) is 4.52 Å². The van der Waals surface area contributed by atoms with Crippen molar-refractivity contribution < 1.29 is 4.79 Å². The van der Waals surface area contributed by atoms with Crippen LogP contribution in [0.4, 0.5) is 17.2 Å². The number of aromatic nitrogens is 4. The van der Waals surface area contributed by atoms with Gasteiger partial charge in [-0.05, 0) is 62.1 Å². The summed E-state index contributed by atoms with van der Waals surface area (Å²) in [6.45, 7) is 1.62. The van der Waals surface area contributed by atoms with Crippen LogP contribution in [0.3, 0.4) is 0 Å². The smallest absolute Gasteiger partial charge is 0.227 e. The second-order valence-electron chi connectivity index (χ2n) is 8.63. The number of anilines is 3. The number of hydrogen-bond acceptors (Lipinski definition) is 6. The molecule has 2 N–H and O–H groups in total. The van der Waals surface area contributed by atoms with Gasteiger partial charge >= 0.3 is 0 Å². The summed E-state index contributed by atoms with van der Waals surface area (Å²) in [7, 11) is 0. The molecule has 0 bridgehead atoms. The van der Waals surface area contributed by atoms with Crippen molar-refractivity contribution >= 4 is 28.7 Å². The first kappa shape index (κ1) is 19.8. The molecule has 1 aromatic carbocycles. The van der Waals surface area contributed by atoms with Crippen molar-refractivity contribution in [3.05, 3.63) is 42.7 Å². The van der Waals surface area contributed by atoms with Gasteiger partial charge in [-0.1, -0.05) is 19.3 Å². The van der Waals surface area contributed by atoms with Gasteiger partial charge in [0.25, 0.3) is 0 Å². The third-order valence-corrected chi connectivity index (χ3v) is 6.47. The summed E-state index contributed by atoms with van der Waals surface area (Å²) in [6.07, 6.45) is 9.72. The van der Waals surface area contributed by atoms with Crippen LogP contribution in [-0.4, -0.2) is 44.8 Å². The summed E-state index contributed by atoms with van der Waals surface area (Å²) < 4.78 is 1.68. The van der Waals surface area contributed by atoms with Crippen molar-refractivity contribution in [3.63, 3.8) is 0 Å². The SMILES string of the molecule is O=C(Nc1ccc(NC2CCCCC2)cc1)C1CCN(c2ccc3nncn3n2)CC1. The zero-order valence-electron chi connectivity index (χ0n) is 17.7. The van der Waals surface area contributed by atoms with Gasteiger partial charge in [-0.25, -0.2) is 0 Å². The highest BCUT2D eigenvalue weighted by Crippen LogP contribution is 2.25. The minimum atomic E-state index is 0.0231. The maximum atomic E-state index is 12.8. The lowest BCUT2D eigenvalue weighted by Crippen LogP contribution is -2.38. The molecule has 1 aliphatic heterocycles. The van der Waals surface area contributed by atoms with E-state index in [0.717, 1.165) is 48.8 Å². The predicted octanol–water partition coefficient (Wildman–Crippen LogP) is 3.72. The van der Waals surface area contributed by atoms with Crippen LogP contribution in [0.2, 0.25) is 0 Å². The van der Waals surface area contributed by atoms with Crippen LogP contribution >= 0.6 is 0 Å². The molecule has 3 heterocycles. The van der Waals surface area contributed by atoms with Crippen molar-refractivity contribution in [1.29, 1.82) is 0 Å². The highest BCUT2D eigenvalue weighted by atomic mass is 16.1. The first-order chi connectivity index (χ1) is 15.2. The van der Waals surface area contributed by atoms with E-state index in [-0.39, 0.29) is 11.8 Å². The van der Waals surface area contributed by atoms with Crippen LogP contribution in [0, 0.1) is 5.92 Å². The second kappa shape index (κ2) is 8.91. The summed E-state index contributed by atoms with van der Waals surface area (Å²) in [5.74, 6) is 1.03. The molecule has 1 aliphatic carbocycles. The van der Waals surface area contributed by atoms with E-state index in [2.05, 4.69) is 43.0 Å². The highest BCUT2D eigenvalue weighted by Gasteiger charge is 2.26. The second-order valence-corrected chi connectivity index (χ2v) is 8.63. The van der Waals surface area contributed by atoms with Gasteiger partial charge < -0.3 is 15.5 Å². The molecule has 2 fully saturated rings. The van der Waals surface area contributed by atoms with Crippen LogP contribution in [0.15, 0.2) is 42.7 Å². The number of piperidine rings is 1. The monoisotopic (exact) mass is 419 g/mol. The molecular weight excluding hydrogens is 390 g/mol. The minimum absolute atomic E-state index is 0.0231. The zero-order chi connectivity index (χ0) is 21.0. The maximum Gasteiger partial charge on any atom is 0.227 e. The van der Waals surface area contributed by atoms with E-state index in [9.17, 15) is 4.79 Å². The Morgan fingerprint density at radius 1 is 0.903 bits per heavy atom. The molecule has 1 saturated carbocycles. The normalized spacial score (nSPS) is 18.3. The van der Waals surface area contributed by atoms with Crippen LogP contribution in [0.1, 0.15) is 44.9 Å². The molecule has 2 aromatic heterocycles. The average Bonchev–Trinajstić information content (AvgIpc) is 3.29. The third kappa shape index (κ3) is 4.62. The number of carbonyl (C=O) groups is 1. The van der Waals surface area contributed by atoms with Gasteiger partial charge in [0.2, 0.25) is 5.91 Å². The van der Waals surface area contributed by atoms with Crippen molar-refractivity contribution in [2.75, 3.05) is 28.6 Å². The van der Waals surface area contributed by atoms with Gasteiger partial charge in [0.15, 0.2) is 5.65 Å². The number of amides is 1. The standard InChI is InChI=1S/C23H29N7O/c31-23(26-20-8-6-19(7-9-20)25-18-4-2-1-3-5-18)17-12-14-29(15-13-17)22-11-10-21-27-24-16-30(21)28-22/h6-11,16-18,25H,1-5,12-15H2,(H,26,31). The van der Waals surface area contributed by atoms with Gasteiger partial charge in [-0.15, -0.1) is 15.3 Å². The zero-order valence-corrected chi connectivity index (χ0v) is 17.7. The molecule has 31 heavy (non-hydrogen) atoms. The maximum absolute atomic E-state index is 12.8. The molecule has 0 spiro atoms. The first-order valence-corrected chi connectivity index (χ1v) is 11.3. The van der Waals surface area contributed by atoms with E-state index < -0.39 is 0 Å². The van der Waals surface area contributed by atoms with E-state index in [4.69, 9.17) is 0 Å². The van der Waals surface area contributed by atoms with Crippen LogP contribution in [0.25, 0.3) is 5.65 Å². The van der Waals surface area contributed by atoms with Gasteiger partial charge in [0, 0.05) is 36.4 Å². The summed E-state index contributed by atoms with van der Waals surface area (Å²) in [5, 5.41) is 19.1. The van der Waals surface area contributed by atoms with Gasteiger partial charge in [0.05, 0.1) is 0 Å². The molecule has 0 radical (unpaired) electrons. The molecule has 3 aromatic rings. The Hall–Kier alpha value is -3.16. The van der Waals surface area contributed by atoms with E-state index >= 15 is 0 Å². The Bertz CT molecular complexity index is 1020. The van der Waals surface area contributed by atoms with Gasteiger partial charge in [0.1, 0.15) is 12.1 Å². The Balaban J connectivity index is 1.12. The number of carbonyl (C=O) groups excluding carboxylic acids is 1. The fourth-order valence-electron chi connectivity index (χ4n) is 4.63. The third-order valence-electron chi connectivity index (χ3n) is 6.47. The Kier molecular flexibility index (Phi) is 5.69. The first-order valence-electron chi connectivity index (χ1n) is 11.3. The molecule has 0 atom stereocenters. The van der Waals surface area contributed by atoms with E-state index in [0.29, 0.717) is 6.04 Å². The molecule has 8 nitrogen and oxygen atoms in total. The van der Waals surface area contributed by atoms with Gasteiger partial charge in [-0.3, -0.25) is 4.79 Å². The number of hydrogen-bond donors (Lipinski definition) is 2. The molecule has 1 amide bonds. The Morgan fingerprint density at radius 3 is 2.42 bits per heavy atom. The topological polar surface area (TPSA) is 87.5 Å². The number of benzene rings is 1. The Morgan fingerprint density at radius 2 is 1.65 bits per heavy atom. The van der Waals surface area contributed by atoms with Crippen molar-refractivity contribution in [3.8, 4) is 0 Å². The number of nitrogens with zero attached hydrogens (tertiary/aromatic N) is 5. The average molecular weight is 420 g/mol. The molecule has 8 heteroatoms. The van der Waals surface area contributed by atoms with Crippen LogP contribution in [0.5, 0.6) is 0 Å². The minimum Gasteiger partial charge on any atom is -0.382 e. The molecule has 162 valence electrons. The fraction of sp³-hybridized carbons (Fsp3) is 0.478. The van der Waals surface area contributed by atoms with Crippen molar-refractivity contribution in [2.24, 2.45) is 5.92 Å². The molecule has 1 saturated heterocycles. The van der Waals surface area contributed by atoms with Crippen molar-refractivity contribution in [2.45, 2.75) is 51.0 Å². The summed E-state index contributed by atoms with van der Waals surface area (Å²) in [4.78, 5) is 15.0. The number of fused-ring (bicyclic) bond motifs is 1. The highest BCUT2D eigenvalue weighted by molar-refractivity contribution is 5.92. The van der Waals surface area contributed by atoms with Crippen molar-refractivity contribution in [1.82, 2.24) is 19.8 Å². The number of nitrogens with one attached hydrogen (secondary N) is 2. The summed E-state index contributed by atoms with van der Waals surface area (Å²) in [5.41, 5.74) is 2.73. The lowest BCUT2D eigenvalue weighted by molar-refractivity contribution is -0.120. The molecule has 2 aliphatic rings. The molecule has 0 unspecified atom stereocenters. The summed E-state index contributed by atoms with van der Waals surface area (Å²) >= 11 is 0.